The first-order valence-corrected chi connectivity index (χ1v) is 6.48. The lowest BCUT2D eigenvalue weighted by Gasteiger charge is -2.24. The molecule has 0 saturated carbocycles. The zero-order valence-corrected chi connectivity index (χ0v) is 11.6. The summed E-state index contributed by atoms with van der Waals surface area (Å²) in [4.78, 5) is 23.4. The molecule has 7 nitrogen and oxygen atoms in total. The highest BCUT2D eigenvalue weighted by Crippen LogP contribution is 2.18. The zero-order valence-electron chi connectivity index (χ0n) is 11.6. The monoisotopic (exact) mass is 295 g/mol. The number of methoxy groups -OCH3 is 1. The van der Waals surface area contributed by atoms with E-state index in [1.165, 1.54) is 7.11 Å². The van der Waals surface area contributed by atoms with E-state index in [4.69, 9.17) is 14.2 Å². The van der Waals surface area contributed by atoms with Crippen molar-refractivity contribution in [2.24, 2.45) is 0 Å². The van der Waals surface area contributed by atoms with E-state index in [1.54, 1.807) is 24.3 Å². The number of carbonyl (C=O) groups is 2. The number of benzene rings is 1. The summed E-state index contributed by atoms with van der Waals surface area (Å²) in [7, 11) is 1.52. The lowest BCUT2D eigenvalue weighted by atomic mass is 10.1. The standard InChI is InChI=1S/C14H17NO6/c1-19-10-4-2-9(3-5-10)12(14(17)18)15-13(16)11-8-20-6-7-21-11/h2-5,11-12H,6-8H2,1H3,(H,15,16)(H,17,18). The van der Waals surface area contributed by atoms with E-state index in [9.17, 15) is 14.7 Å². The van der Waals surface area contributed by atoms with Gasteiger partial charge in [0.1, 0.15) is 5.75 Å². The van der Waals surface area contributed by atoms with Crippen LogP contribution >= 0.6 is 0 Å². The fourth-order valence-electron chi connectivity index (χ4n) is 1.96. The van der Waals surface area contributed by atoms with Crippen molar-refractivity contribution in [2.45, 2.75) is 12.1 Å². The van der Waals surface area contributed by atoms with Crippen LogP contribution in [-0.2, 0) is 19.1 Å². The van der Waals surface area contributed by atoms with Crippen LogP contribution in [0.3, 0.4) is 0 Å². The van der Waals surface area contributed by atoms with Gasteiger partial charge in [0.15, 0.2) is 12.1 Å². The van der Waals surface area contributed by atoms with Gasteiger partial charge in [0.25, 0.3) is 5.91 Å². The van der Waals surface area contributed by atoms with Crippen molar-refractivity contribution in [1.29, 1.82) is 0 Å². The summed E-state index contributed by atoms with van der Waals surface area (Å²) in [6.07, 6.45) is -0.779. The molecule has 114 valence electrons. The second-order valence-corrected chi connectivity index (χ2v) is 4.49. The van der Waals surface area contributed by atoms with Gasteiger partial charge in [0.2, 0.25) is 0 Å². The number of rotatable bonds is 5. The van der Waals surface area contributed by atoms with Gasteiger partial charge in [-0.1, -0.05) is 12.1 Å². The summed E-state index contributed by atoms with van der Waals surface area (Å²) >= 11 is 0. The maximum Gasteiger partial charge on any atom is 0.330 e. The number of hydrogen-bond acceptors (Lipinski definition) is 5. The minimum atomic E-state index is -1.15. The molecule has 2 rings (SSSR count). The number of amides is 1. The number of nitrogens with one attached hydrogen (secondary N) is 1. The molecule has 2 N–H and O–H groups in total. The van der Waals surface area contributed by atoms with E-state index >= 15 is 0 Å². The molecule has 0 radical (unpaired) electrons. The van der Waals surface area contributed by atoms with Gasteiger partial charge in [-0.2, -0.15) is 0 Å². The highest BCUT2D eigenvalue weighted by atomic mass is 16.6. The fourth-order valence-corrected chi connectivity index (χ4v) is 1.96. The van der Waals surface area contributed by atoms with Gasteiger partial charge >= 0.3 is 5.97 Å². The molecule has 1 aliphatic heterocycles. The molecule has 1 saturated heterocycles. The Morgan fingerprint density at radius 3 is 2.57 bits per heavy atom. The molecule has 7 heteroatoms. The Morgan fingerprint density at radius 2 is 2.05 bits per heavy atom. The topological polar surface area (TPSA) is 94.1 Å². The molecule has 2 unspecified atom stereocenters. The van der Waals surface area contributed by atoms with Crippen LogP contribution in [0.5, 0.6) is 5.75 Å². The van der Waals surface area contributed by atoms with Crippen LogP contribution in [0.4, 0.5) is 0 Å². The SMILES string of the molecule is COc1ccc(C(NC(=O)C2COCCO2)C(=O)O)cc1. The van der Waals surface area contributed by atoms with Crippen molar-refractivity contribution in [1.82, 2.24) is 5.32 Å². The summed E-state index contributed by atoms with van der Waals surface area (Å²) in [6, 6.07) is 5.32. The van der Waals surface area contributed by atoms with Crippen molar-refractivity contribution in [3.05, 3.63) is 29.8 Å². The highest BCUT2D eigenvalue weighted by molar-refractivity contribution is 5.87. The summed E-state index contributed by atoms with van der Waals surface area (Å²) in [5.74, 6) is -1.04. The Balaban J connectivity index is 2.07. The van der Waals surface area contributed by atoms with Crippen LogP contribution in [0, 0.1) is 0 Å². The lowest BCUT2D eigenvalue weighted by molar-refractivity contribution is -0.152. The van der Waals surface area contributed by atoms with E-state index in [0.29, 0.717) is 24.5 Å². The van der Waals surface area contributed by atoms with Crippen molar-refractivity contribution >= 4 is 11.9 Å². The predicted molar refractivity (Wildman–Crippen MR) is 72.1 cm³/mol. The first-order valence-electron chi connectivity index (χ1n) is 6.48. The Morgan fingerprint density at radius 1 is 1.33 bits per heavy atom. The van der Waals surface area contributed by atoms with Crippen molar-refractivity contribution in [3.63, 3.8) is 0 Å². The molecule has 2 atom stereocenters. The Bertz CT molecular complexity index is 495. The molecule has 1 aliphatic rings. The quantitative estimate of drug-likeness (QED) is 0.814. The third kappa shape index (κ3) is 3.93. The molecule has 0 bridgehead atoms. The molecule has 1 heterocycles. The van der Waals surface area contributed by atoms with Gasteiger partial charge in [-0.25, -0.2) is 4.79 Å². The van der Waals surface area contributed by atoms with Gasteiger partial charge in [-0.05, 0) is 17.7 Å². The van der Waals surface area contributed by atoms with Gasteiger partial charge in [0.05, 0.1) is 26.9 Å². The molecule has 21 heavy (non-hydrogen) atoms. The van der Waals surface area contributed by atoms with E-state index in [1.807, 2.05) is 0 Å². The van der Waals surface area contributed by atoms with Crippen LogP contribution in [0.25, 0.3) is 0 Å². The molecule has 1 fully saturated rings. The van der Waals surface area contributed by atoms with Crippen molar-refractivity contribution < 1.29 is 28.9 Å². The van der Waals surface area contributed by atoms with Gasteiger partial charge < -0.3 is 24.6 Å². The Hall–Kier alpha value is -2.12. The van der Waals surface area contributed by atoms with Gasteiger partial charge in [-0.3, -0.25) is 4.79 Å². The Kier molecular flexibility index (Phi) is 5.13. The number of ether oxygens (including phenoxy) is 3. The van der Waals surface area contributed by atoms with Crippen molar-refractivity contribution in [2.75, 3.05) is 26.9 Å². The summed E-state index contributed by atoms with van der Waals surface area (Å²) in [6.45, 7) is 0.879. The molecule has 0 aromatic heterocycles. The predicted octanol–water partition coefficient (Wildman–Crippen LogP) is 0.353. The second kappa shape index (κ2) is 7.05. The molecule has 0 spiro atoms. The first-order chi connectivity index (χ1) is 10.1. The minimum Gasteiger partial charge on any atom is -0.497 e. The van der Waals surface area contributed by atoms with Crippen LogP contribution in [-0.4, -0.2) is 50.0 Å². The van der Waals surface area contributed by atoms with E-state index in [-0.39, 0.29) is 6.61 Å². The average molecular weight is 295 g/mol. The summed E-state index contributed by atoms with van der Waals surface area (Å²) < 4.78 is 15.4. The van der Waals surface area contributed by atoms with E-state index in [0.717, 1.165) is 0 Å². The van der Waals surface area contributed by atoms with E-state index < -0.39 is 24.0 Å². The Labute approximate surface area is 121 Å². The van der Waals surface area contributed by atoms with Crippen LogP contribution < -0.4 is 10.1 Å². The van der Waals surface area contributed by atoms with Crippen molar-refractivity contribution in [3.8, 4) is 5.75 Å². The van der Waals surface area contributed by atoms with Crippen LogP contribution in [0.2, 0.25) is 0 Å². The molecular formula is C14H17NO6. The smallest absolute Gasteiger partial charge is 0.330 e. The molecule has 1 aromatic rings. The molecule has 1 aromatic carbocycles. The third-order valence-corrected chi connectivity index (χ3v) is 3.09. The third-order valence-electron chi connectivity index (χ3n) is 3.09. The maximum atomic E-state index is 12.0. The largest absolute Gasteiger partial charge is 0.497 e. The average Bonchev–Trinajstić information content (AvgIpc) is 2.53. The molecule has 1 amide bonds. The van der Waals surface area contributed by atoms with Crippen LogP contribution in [0.1, 0.15) is 11.6 Å². The number of hydrogen-bond donors (Lipinski definition) is 2. The second-order valence-electron chi connectivity index (χ2n) is 4.49. The normalized spacial score (nSPS) is 19.6. The minimum absolute atomic E-state index is 0.126. The summed E-state index contributed by atoms with van der Waals surface area (Å²) in [5.41, 5.74) is 0.452. The van der Waals surface area contributed by atoms with Gasteiger partial charge in [0, 0.05) is 0 Å². The first kappa shape index (κ1) is 15.3. The zero-order chi connectivity index (χ0) is 15.2. The summed E-state index contributed by atoms with van der Waals surface area (Å²) in [5, 5.41) is 11.7. The number of carboxylic acid groups (broad SMARTS) is 1. The molecule has 0 aliphatic carbocycles. The number of aliphatic carboxylic acids is 1. The van der Waals surface area contributed by atoms with Crippen LogP contribution in [0.15, 0.2) is 24.3 Å². The number of carboxylic acids is 1. The lowest BCUT2D eigenvalue weighted by Crippen LogP contribution is -2.45. The fraction of sp³-hybridized carbons (Fsp3) is 0.429. The molecular weight excluding hydrogens is 278 g/mol. The maximum absolute atomic E-state index is 12.0. The number of carbonyl (C=O) groups excluding carboxylic acids is 1. The van der Waals surface area contributed by atoms with Gasteiger partial charge in [-0.15, -0.1) is 0 Å². The highest BCUT2D eigenvalue weighted by Gasteiger charge is 2.28. The van der Waals surface area contributed by atoms with E-state index in [2.05, 4.69) is 5.32 Å².